The number of allylic oxidation sites excluding steroid dienone is 1. The van der Waals surface area contributed by atoms with E-state index in [1.165, 1.54) is 44.3 Å². The summed E-state index contributed by atoms with van der Waals surface area (Å²) >= 11 is 0. The maximum absolute atomic E-state index is 12.0. The molecule has 198 valence electrons. The van der Waals surface area contributed by atoms with Gasteiger partial charge in [-0.05, 0) is 92.2 Å². The summed E-state index contributed by atoms with van der Waals surface area (Å²) in [7, 11) is 1.39. The number of carbonyl (C=O) groups is 1. The number of fused-ring (bicyclic) bond motifs is 4. The van der Waals surface area contributed by atoms with Crippen LogP contribution in [0.25, 0.3) is 66.9 Å². The highest BCUT2D eigenvalue weighted by molar-refractivity contribution is 6.15. The first-order valence-corrected chi connectivity index (χ1v) is 13.7. The average Bonchev–Trinajstić information content (AvgIpc) is 3.45. The van der Waals surface area contributed by atoms with Crippen molar-refractivity contribution in [2.75, 3.05) is 7.11 Å². The van der Waals surface area contributed by atoms with Gasteiger partial charge in [0.1, 0.15) is 0 Å². The summed E-state index contributed by atoms with van der Waals surface area (Å²) in [4.78, 5) is 12.0. The molecule has 0 aliphatic rings. The van der Waals surface area contributed by atoms with Crippen LogP contribution in [-0.4, -0.2) is 17.8 Å². The normalized spacial score (nSPS) is 11.1. The number of ether oxygens (including phenoxy) is 1. The summed E-state index contributed by atoms with van der Waals surface area (Å²) in [6.45, 7) is 10.2. The highest BCUT2D eigenvalue weighted by atomic mass is 16.5. The standard InChI is InChI=1S/C35H27NO2.C2H6/c1-4-9-29-28(5-2)30-12-6-7-13-31(30)33-22-26(14-16-32(29)33)24-11-8-10-23(20-24)25-15-17-34-27(21-25)18-19-36(34)35(37)38-3;1-2/h4-22H,2H2,1,3H3;1-2H3/b9-4-;. The molecule has 0 unspecified atom stereocenters. The second-order valence-corrected chi connectivity index (χ2v) is 9.35. The topological polar surface area (TPSA) is 31.2 Å². The molecular formula is C37H33NO2. The van der Waals surface area contributed by atoms with Crippen LogP contribution in [0.5, 0.6) is 0 Å². The van der Waals surface area contributed by atoms with E-state index in [1.807, 2.05) is 32.1 Å². The van der Waals surface area contributed by atoms with Crippen molar-refractivity contribution in [1.29, 1.82) is 0 Å². The highest BCUT2D eigenvalue weighted by Gasteiger charge is 2.13. The maximum atomic E-state index is 12.0. The summed E-state index contributed by atoms with van der Waals surface area (Å²) in [5.74, 6) is 0. The Morgan fingerprint density at radius 1 is 0.725 bits per heavy atom. The van der Waals surface area contributed by atoms with Crippen LogP contribution in [-0.2, 0) is 4.74 Å². The number of carbonyl (C=O) groups excluding carboxylic acids is 1. The van der Waals surface area contributed by atoms with Crippen molar-refractivity contribution >= 4 is 50.7 Å². The Morgan fingerprint density at radius 2 is 1.38 bits per heavy atom. The fourth-order valence-corrected chi connectivity index (χ4v) is 5.45. The zero-order valence-electron chi connectivity index (χ0n) is 23.4. The molecule has 1 heterocycles. The van der Waals surface area contributed by atoms with Crippen LogP contribution in [0.1, 0.15) is 31.9 Å². The van der Waals surface area contributed by atoms with Crippen molar-refractivity contribution in [3.8, 4) is 22.3 Å². The second-order valence-electron chi connectivity index (χ2n) is 9.35. The molecular weight excluding hydrogens is 490 g/mol. The summed E-state index contributed by atoms with van der Waals surface area (Å²) in [6.07, 6.45) is 7.58. The van der Waals surface area contributed by atoms with E-state index in [1.54, 1.807) is 6.20 Å². The molecule has 6 aromatic rings. The molecule has 0 fully saturated rings. The van der Waals surface area contributed by atoms with Crippen LogP contribution in [0.15, 0.2) is 110 Å². The van der Waals surface area contributed by atoms with E-state index in [0.29, 0.717) is 0 Å². The Bertz CT molecular complexity index is 1910. The van der Waals surface area contributed by atoms with Gasteiger partial charge in [-0.3, -0.25) is 4.57 Å². The van der Waals surface area contributed by atoms with Crippen molar-refractivity contribution in [3.05, 3.63) is 121 Å². The number of nitrogens with zero attached hydrogens (tertiary/aromatic N) is 1. The lowest BCUT2D eigenvalue weighted by Crippen LogP contribution is -2.09. The molecule has 5 aromatic carbocycles. The molecule has 3 nitrogen and oxygen atoms in total. The van der Waals surface area contributed by atoms with Gasteiger partial charge in [-0.25, -0.2) is 4.79 Å². The van der Waals surface area contributed by atoms with Crippen LogP contribution in [0.3, 0.4) is 0 Å². The van der Waals surface area contributed by atoms with Crippen molar-refractivity contribution in [1.82, 2.24) is 4.57 Å². The van der Waals surface area contributed by atoms with Crippen molar-refractivity contribution in [3.63, 3.8) is 0 Å². The molecule has 0 N–H and O–H groups in total. The predicted molar refractivity (Wildman–Crippen MR) is 172 cm³/mol. The minimum Gasteiger partial charge on any atom is -0.452 e. The molecule has 6 rings (SSSR count). The van der Waals surface area contributed by atoms with Gasteiger partial charge in [0.05, 0.1) is 12.6 Å². The Hall–Kier alpha value is -4.89. The van der Waals surface area contributed by atoms with Crippen LogP contribution >= 0.6 is 0 Å². The van der Waals surface area contributed by atoms with Crippen molar-refractivity contribution < 1.29 is 9.53 Å². The molecule has 40 heavy (non-hydrogen) atoms. The summed E-state index contributed by atoms with van der Waals surface area (Å²) in [5, 5.41) is 5.88. The predicted octanol–water partition coefficient (Wildman–Crippen LogP) is 10.6. The van der Waals surface area contributed by atoms with Gasteiger partial charge in [0.2, 0.25) is 0 Å². The van der Waals surface area contributed by atoms with Crippen LogP contribution in [0, 0.1) is 0 Å². The zero-order chi connectivity index (χ0) is 28.2. The number of aromatic nitrogens is 1. The van der Waals surface area contributed by atoms with Crippen LogP contribution < -0.4 is 0 Å². The van der Waals surface area contributed by atoms with E-state index in [-0.39, 0.29) is 0 Å². The van der Waals surface area contributed by atoms with Gasteiger partial charge in [-0.2, -0.15) is 0 Å². The van der Waals surface area contributed by atoms with Gasteiger partial charge in [-0.15, -0.1) is 0 Å². The smallest absolute Gasteiger partial charge is 0.418 e. The van der Waals surface area contributed by atoms with E-state index < -0.39 is 6.09 Å². The molecule has 0 spiro atoms. The molecule has 3 heteroatoms. The van der Waals surface area contributed by atoms with E-state index in [0.717, 1.165) is 33.2 Å². The molecule has 0 bridgehead atoms. The third-order valence-electron chi connectivity index (χ3n) is 7.24. The summed E-state index contributed by atoms with van der Waals surface area (Å²) in [6, 6.07) is 32.0. The number of hydrogen-bond donors (Lipinski definition) is 0. The lowest BCUT2D eigenvalue weighted by Gasteiger charge is -2.15. The van der Waals surface area contributed by atoms with Gasteiger partial charge < -0.3 is 4.74 Å². The Kier molecular flexibility index (Phi) is 7.65. The van der Waals surface area contributed by atoms with E-state index in [2.05, 4.69) is 105 Å². The zero-order valence-corrected chi connectivity index (χ0v) is 23.4. The van der Waals surface area contributed by atoms with Crippen LogP contribution in [0.2, 0.25) is 0 Å². The Morgan fingerprint density at radius 3 is 2.08 bits per heavy atom. The van der Waals surface area contributed by atoms with Gasteiger partial charge >= 0.3 is 6.09 Å². The Labute approximate surface area is 235 Å². The van der Waals surface area contributed by atoms with E-state index >= 15 is 0 Å². The molecule has 0 radical (unpaired) electrons. The molecule has 0 amide bonds. The highest BCUT2D eigenvalue weighted by Crippen LogP contribution is 2.37. The molecule has 0 aliphatic heterocycles. The number of rotatable bonds is 4. The fourth-order valence-electron chi connectivity index (χ4n) is 5.45. The summed E-state index contributed by atoms with van der Waals surface area (Å²) in [5.41, 5.74) is 7.73. The molecule has 0 atom stereocenters. The number of benzene rings is 5. The lowest BCUT2D eigenvalue weighted by atomic mass is 9.89. The minimum absolute atomic E-state index is 0.392. The Balaban J connectivity index is 0.00000158. The van der Waals surface area contributed by atoms with E-state index in [9.17, 15) is 4.79 Å². The first-order valence-electron chi connectivity index (χ1n) is 13.7. The van der Waals surface area contributed by atoms with Gasteiger partial charge in [0, 0.05) is 11.6 Å². The van der Waals surface area contributed by atoms with Crippen molar-refractivity contribution in [2.24, 2.45) is 0 Å². The van der Waals surface area contributed by atoms with Gasteiger partial charge in [0.15, 0.2) is 0 Å². The van der Waals surface area contributed by atoms with Gasteiger partial charge in [-0.1, -0.05) is 99.3 Å². The summed E-state index contributed by atoms with van der Waals surface area (Å²) < 4.78 is 6.41. The third kappa shape index (κ3) is 4.60. The molecule has 1 aromatic heterocycles. The number of methoxy groups -OCH3 is 1. The molecule has 0 aliphatic carbocycles. The monoisotopic (exact) mass is 523 g/mol. The first-order chi connectivity index (χ1) is 19.6. The average molecular weight is 524 g/mol. The van der Waals surface area contributed by atoms with Gasteiger partial charge in [0.25, 0.3) is 0 Å². The quantitative estimate of drug-likeness (QED) is 0.215. The maximum Gasteiger partial charge on any atom is 0.418 e. The fraction of sp³-hybridized carbons (Fsp3) is 0.108. The third-order valence-corrected chi connectivity index (χ3v) is 7.24. The molecule has 0 saturated heterocycles. The number of hydrogen-bond acceptors (Lipinski definition) is 2. The lowest BCUT2D eigenvalue weighted by molar-refractivity contribution is 0.174. The van der Waals surface area contributed by atoms with Crippen molar-refractivity contribution in [2.45, 2.75) is 20.8 Å². The second kappa shape index (κ2) is 11.5. The van der Waals surface area contributed by atoms with E-state index in [4.69, 9.17) is 4.74 Å². The minimum atomic E-state index is -0.392. The SMILES string of the molecule is C=Cc1c(/C=C\C)c2ccc(-c3cccc(-c4ccc5c(ccn5C(=O)OC)c4)c3)cc2c2ccccc12.CC. The first kappa shape index (κ1) is 26.7. The molecule has 0 saturated carbocycles. The van der Waals surface area contributed by atoms with Crippen LogP contribution in [0.4, 0.5) is 4.79 Å². The largest absolute Gasteiger partial charge is 0.452 e.